The third-order valence-electron chi connectivity index (χ3n) is 7.29. The predicted octanol–water partition coefficient (Wildman–Crippen LogP) is 3.94. The van der Waals surface area contributed by atoms with E-state index in [0.29, 0.717) is 30.2 Å². The summed E-state index contributed by atoms with van der Waals surface area (Å²) >= 11 is 0. The summed E-state index contributed by atoms with van der Waals surface area (Å²) in [6.07, 6.45) is 0.442. The Hall–Kier alpha value is -5.15. The van der Waals surface area contributed by atoms with E-state index in [9.17, 15) is 14.4 Å². The van der Waals surface area contributed by atoms with Crippen molar-refractivity contribution in [3.63, 3.8) is 0 Å². The lowest BCUT2D eigenvalue weighted by molar-refractivity contribution is -0.130. The Balaban J connectivity index is 1.55. The fraction of sp³-hybridized carbons (Fsp3) is 0.250. The van der Waals surface area contributed by atoms with Gasteiger partial charge in [0.25, 0.3) is 5.91 Å². The lowest BCUT2D eigenvalue weighted by Gasteiger charge is -2.24. The third kappa shape index (κ3) is 9.94. The maximum Gasteiger partial charge on any atom is 0.251 e. The summed E-state index contributed by atoms with van der Waals surface area (Å²) in [5.41, 5.74) is 9.68. The largest absolute Gasteiger partial charge is 0.497 e. The number of amides is 3. The number of methoxy groups -OCH3 is 1. The van der Waals surface area contributed by atoms with Gasteiger partial charge in [-0.05, 0) is 65.6 Å². The molecular weight excluding hydrogens is 568 g/mol. The first-order valence-electron chi connectivity index (χ1n) is 14.9. The smallest absolute Gasteiger partial charge is 0.251 e. The zero-order chi connectivity index (χ0) is 32.0. The molecule has 0 fully saturated rings. The highest BCUT2D eigenvalue weighted by Crippen LogP contribution is 2.16. The standard InChI is InChI=1S/C36H40N4O5/c1-3-45-31-19-15-26(16-20-31)22-33(39-34(41)29-7-5-4-6-8-29)36(43)40-32(21-25-13-17-30(44-2)18-14-25)35(42)38-24-28-11-9-27(23-37)10-12-28/h4-20,32-33H,3,21-24,37H2,1-2H3,(H,38,42)(H,39,41)(H,40,43)/t32-,33+/m0/s1. The van der Waals surface area contributed by atoms with Crippen LogP contribution >= 0.6 is 0 Å². The Labute approximate surface area is 264 Å². The average Bonchev–Trinajstić information content (AvgIpc) is 3.08. The first-order valence-corrected chi connectivity index (χ1v) is 14.9. The van der Waals surface area contributed by atoms with Gasteiger partial charge in [-0.3, -0.25) is 14.4 Å². The van der Waals surface area contributed by atoms with Gasteiger partial charge >= 0.3 is 0 Å². The molecule has 0 aliphatic carbocycles. The molecular formula is C36H40N4O5. The van der Waals surface area contributed by atoms with Crippen LogP contribution in [0.2, 0.25) is 0 Å². The normalized spacial score (nSPS) is 12.0. The van der Waals surface area contributed by atoms with Gasteiger partial charge in [-0.1, -0.05) is 66.7 Å². The molecule has 0 spiro atoms. The molecule has 2 atom stereocenters. The van der Waals surface area contributed by atoms with Crippen molar-refractivity contribution >= 4 is 17.7 Å². The Morgan fingerprint density at radius 3 is 1.76 bits per heavy atom. The molecule has 0 bridgehead atoms. The van der Waals surface area contributed by atoms with Crippen molar-refractivity contribution in [3.05, 3.63) is 131 Å². The van der Waals surface area contributed by atoms with E-state index in [4.69, 9.17) is 15.2 Å². The molecule has 45 heavy (non-hydrogen) atoms. The molecule has 3 amide bonds. The Bertz CT molecular complexity index is 1520. The minimum atomic E-state index is -0.953. The van der Waals surface area contributed by atoms with Crippen molar-refractivity contribution in [3.8, 4) is 11.5 Å². The van der Waals surface area contributed by atoms with Crippen LogP contribution in [-0.2, 0) is 35.5 Å². The maximum atomic E-state index is 13.9. The number of hydrogen-bond donors (Lipinski definition) is 4. The lowest BCUT2D eigenvalue weighted by Crippen LogP contribution is -2.55. The minimum absolute atomic E-state index is 0.210. The van der Waals surface area contributed by atoms with Crippen LogP contribution in [0, 0.1) is 0 Å². The number of hydrogen-bond acceptors (Lipinski definition) is 6. The van der Waals surface area contributed by atoms with Gasteiger partial charge < -0.3 is 31.2 Å². The number of carbonyl (C=O) groups is 3. The van der Waals surface area contributed by atoms with Gasteiger partial charge in [0.2, 0.25) is 11.8 Å². The summed E-state index contributed by atoms with van der Waals surface area (Å²) in [6, 6.07) is 29.2. The molecule has 0 unspecified atom stereocenters. The highest BCUT2D eigenvalue weighted by Gasteiger charge is 2.28. The van der Waals surface area contributed by atoms with Crippen molar-refractivity contribution in [2.24, 2.45) is 5.73 Å². The fourth-order valence-electron chi connectivity index (χ4n) is 4.75. The molecule has 9 heteroatoms. The zero-order valence-electron chi connectivity index (χ0n) is 25.6. The molecule has 5 N–H and O–H groups in total. The van der Waals surface area contributed by atoms with E-state index in [0.717, 1.165) is 22.3 Å². The van der Waals surface area contributed by atoms with Gasteiger partial charge in [0.05, 0.1) is 13.7 Å². The number of benzene rings is 4. The van der Waals surface area contributed by atoms with E-state index in [1.807, 2.05) is 73.7 Å². The number of carbonyl (C=O) groups excluding carboxylic acids is 3. The Morgan fingerprint density at radius 1 is 0.667 bits per heavy atom. The average molecular weight is 609 g/mol. The molecule has 4 aromatic carbocycles. The van der Waals surface area contributed by atoms with E-state index in [2.05, 4.69) is 16.0 Å². The van der Waals surface area contributed by atoms with Gasteiger partial charge in [-0.25, -0.2) is 0 Å². The summed E-state index contributed by atoms with van der Waals surface area (Å²) in [5, 5.41) is 8.74. The number of nitrogens with one attached hydrogen (secondary N) is 3. The van der Waals surface area contributed by atoms with Gasteiger partial charge in [-0.2, -0.15) is 0 Å². The topological polar surface area (TPSA) is 132 Å². The highest BCUT2D eigenvalue weighted by molar-refractivity contribution is 5.98. The quantitative estimate of drug-likeness (QED) is 0.162. The van der Waals surface area contributed by atoms with Crippen LogP contribution in [-0.4, -0.2) is 43.5 Å². The summed E-state index contributed by atoms with van der Waals surface area (Å²) in [5.74, 6) is 0.178. The minimum Gasteiger partial charge on any atom is -0.497 e. The molecule has 4 rings (SSSR count). The van der Waals surface area contributed by atoms with Crippen molar-refractivity contribution in [2.45, 2.75) is 44.9 Å². The molecule has 0 aliphatic rings. The van der Waals surface area contributed by atoms with Gasteiger partial charge in [0.1, 0.15) is 23.6 Å². The molecule has 0 aliphatic heterocycles. The summed E-state index contributed by atoms with van der Waals surface area (Å²) in [4.78, 5) is 40.6. The van der Waals surface area contributed by atoms with E-state index in [1.54, 1.807) is 43.5 Å². The van der Waals surface area contributed by atoms with Crippen LogP contribution in [0.15, 0.2) is 103 Å². The van der Waals surface area contributed by atoms with Crippen LogP contribution < -0.4 is 31.2 Å². The fourth-order valence-corrected chi connectivity index (χ4v) is 4.75. The van der Waals surface area contributed by atoms with Crippen molar-refractivity contribution in [1.29, 1.82) is 0 Å². The molecule has 0 aromatic heterocycles. The monoisotopic (exact) mass is 608 g/mol. The molecule has 234 valence electrons. The number of nitrogens with two attached hydrogens (primary N) is 1. The zero-order valence-corrected chi connectivity index (χ0v) is 25.6. The van der Waals surface area contributed by atoms with Crippen LogP contribution in [0.5, 0.6) is 11.5 Å². The van der Waals surface area contributed by atoms with Crippen molar-refractivity contribution in [2.75, 3.05) is 13.7 Å². The van der Waals surface area contributed by atoms with Crippen LogP contribution in [0.3, 0.4) is 0 Å². The summed E-state index contributed by atoms with van der Waals surface area (Å²) in [6.45, 7) is 3.15. The van der Waals surface area contributed by atoms with Gasteiger partial charge in [0.15, 0.2) is 0 Å². The third-order valence-corrected chi connectivity index (χ3v) is 7.29. The van der Waals surface area contributed by atoms with Crippen LogP contribution in [0.25, 0.3) is 0 Å². The molecule has 0 saturated heterocycles. The van der Waals surface area contributed by atoms with E-state index >= 15 is 0 Å². The number of ether oxygens (including phenoxy) is 2. The Kier molecular flexibility index (Phi) is 12.1. The maximum absolute atomic E-state index is 13.9. The van der Waals surface area contributed by atoms with E-state index < -0.39 is 23.9 Å². The summed E-state index contributed by atoms with van der Waals surface area (Å²) < 4.78 is 10.8. The second-order valence-corrected chi connectivity index (χ2v) is 10.5. The SMILES string of the molecule is CCOc1ccc(C[C@@H](NC(=O)c2ccccc2)C(=O)N[C@@H](Cc2ccc(OC)cc2)C(=O)NCc2ccc(CN)cc2)cc1. The van der Waals surface area contributed by atoms with E-state index in [1.165, 1.54) is 0 Å². The van der Waals surface area contributed by atoms with E-state index in [-0.39, 0.29) is 25.3 Å². The molecule has 0 radical (unpaired) electrons. The summed E-state index contributed by atoms with van der Waals surface area (Å²) in [7, 11) is 1.58. The van der Waals surface area contributed by atoms with Gasteiger partial charge in [0, 0.05) is 31.5 Å². The highest BCUT2D eigenvalue weighted by atomic mass is 16.5. The molecule has 4 aromatic rings. The molecule has 9 nitrogen and oxygen atoms in total. The van der Waals surface area contributed by atoms with Gasteiger partial charge in [-0.15, -0.1) is 0 Å². The van der Waals surface area contributed by atoms with Crippen molar-refractivity contribution < 1.29 is 23.9 Å². The van der Waals surface area contributed by atoms with Crippen molar-refractivity contribution in [1.82, 2.24) is 16.0 Å². The van der Waals surface area contributed by atoms with Crippen LogP contribution in [0.1, 0.15) is 39.5 Å². The first kappa shape index (κ1) is 32.8. The van der Waals surface area contributed by atoms with Crippen LogP contribution in [0.4, 0.5) is 0 Å². The molecule has 0 heterocycles. The molecule has 0 saturated carbocycles. The second-order valence-electron chi connectivity index (χ2n) is 10.5. The first-order chi connectivity index (χ1) is 21.9. The lowest BCUT2D eigenvalue weighted by atomic mass is 10.0. The number of rotatable bonds is 15. The second kappa shape index (κ2) is 16.6. The predicted molar refractivity (Wildman–Crippen MR) is 174 cm³/mol. The Morgan fingerprint density at radius 2 is 1.20 bits per heavy atom.